The molecule has 0 aliphatic carbocycles. The number of halogens is 1. The van der Waals surface area contributed by atoms with Crippen molar-refractivity contribution in [2.45, 2.75) is 24.2 Å². The van der Waals surface area contributed by atoms with Crippen molar-refractivity contribution in [1.82, 2.24) is 9.29 Å². The van der Waals surface area contributed by atoms with Gasteiger partial charge in [-0.15, -0.1) is 0 Å². The minimum atomic E-state index is -3.51. The van der Waals surface area contributed by atoms with Crippen LogP contribution in [0.5, 0.6) is 0 Å². The number of nitrogens with zero attached hydrogens (tertiary/aromatic N) is 2. The fraction of sp³-hybridized carbons (Fsp3) is 0.300. The van der Waals surface area contributed by atoms with E-state index in [1.54, 1.807) is 6.07 Å². The number of carbonyl (C=O) groups is 1. The molecular weight excluding hydrogens is 413 g/mol. The first-order chi connectivity index (χ1) is 13.9. The van der Waals surface area contributed by atoms with E-state index in [1.807, 2.05) is 0 Å². The highest BCUT2D eigenvalue weighted by molar-refractivity contribution is 7.89. The van der Waals surface area contributed by atoms with Crippen molar-refractivity contribution in [1.29, 1.82) is 0 Å². The maximum atomic E-state index is 13.3. The highest BCUT2D eigenvalue weighted by atomic mass is 32.2. The van der Waals surface area contributed by atoms with E-state index in [-0.39, 0.29) is 23.0 Å². The summed E-state index contributed by atoms with van der Waals surface area (Å²) in [7, 11) is -3.51. The van der Waals surface area contributed by atoms with E-state index in [4.69, 9.17) is 0 Å². The maximum Gasteiger partial charge on any atom is 0.243 e. The quantitative estimate of drug-likeness (QED) is 0.597. The van der Waals surface area contributed by atoms with Gasteiger partial charge in [0.05, 0.1) is 21.7 Å². The number of sulfonamides is 1. The second-order valence-electron chi connectivity index (χ2n) is 6.90. The molecule has 1 aromatic heterocycles. The molecule has 0 radical (unpaired) electrons. The Balaban J connectivity index is 1.42. The van der Waals surface area contributed by atoms with Crippen LogP contribution < -0.4 is 5.32 Å². The fourth-order valence-electron chi connectivity index (χ4n) is 3.30. The second kappa shape index (κ2) is 8.17. The minimum absolute atomic E-state index is 0.0144. The fourth-order valence-corrected chi connectivity index (χ4v) is 5.70. The smallest absolute Gasteiger partial charge is 0.243 e. The molecule has 1 saturated heterocycles. The van der Waals surface area contributed by atoms with E-state index in [1.165, 1.54) is 52.0 Å². The Labute approximate surface area is 172 Å². The van der Waals surface area contributed by atoms with E-state index in [9.17, 15) is 17.6 Å². The lowest BCUT2D eigenvalue weighted by molar-refractivity contribution is 0.101. The molecule has 0 unspecified atom stereocenters. The lowest BCUT2D eigenvalue weighted by atomic mass is 10.1. The van der Waals surface area contributed by atoms with Crippen molar-refractivity contribution in [3.63, 3.8) is 0 Å². The topological polar surface area (TPSA) is 79.4 Å². The molecule has 0 bridgehead atoms. The molecular formula is C20H20FN3O3S2. The average Bonchev–Trinajstić information content (AvgIpc) is 3.14. The molecule has 0 spiro atoms. The van der Waals surface area contributed by atoms with Gasteiger partial charge in [-0.05, 0) is 55.3 Å². The minimum Gasteiger partial charge on any atom is -0.354 e. The predicted molar refractivity (Wildman–Crippen MR) is 111 cm³/mol. The van der Waals surface area contributed by atoms with Crippen molar-refractivity contribution < 1.29 is 17.6 Å². The van der Waals surface area contributed by atoms with E-state index in [0.29, 0.717) is 34.0 Å². The Morgan fingerprint density at radius 1 is 1.10 bits per heavy atom. The number of ketones is 1. The molecule has 2 aromatic carbocycles. The normalized spacial score (nSPS) is 15.5. The predicted octanol–water partition coefficient (Wildman–Crippen LogP) is 3.90. The third-order valence-corrected chi connectivity index (χ3v) is 7.77. The van der Waals surface area contributed by atoms with Crippen LogP contribution in [-0.4, -0.2) is 43.1 Å². The van der Waals surface area contributed by atoms with Gasteiger partial charge in [-0.1, -0.05) is 17.8 Å². The third kappa shape index (κ3) is 4.31. The zero-order valence-electron chi connectivity index (χ0n) is 15.6. The van der Waals surface area contributed by atoms with Crippen LogP contribution in [0.25, 0.3) is 10.2 Å². The summed E-state index contributed by atoms with van der Waals surface area (Å²) in [5, 5.41) is 3.49. The molecule has 4 rings (SSSR count). The number of rotatable bonds is 6. The van der Waals surface area contributed by atoms with Gasteiger partial charge in [-0.2, -0.15) is 4.31 Å². The van der Waals surface area contributed by atoms with Crippen LogP contribution in [0.1, 0.15) is 29.6 Å². The third-order valence-electron chi connectivity index (χ3n) is 4.88. The van der Waals surface area contributed by atoms with Crippen molar-refractivity contribution in [2.24, 2.45) is 0 Å². The lowest BCUT2D eigenvalue weighted by Gasteiger charge is -2.25. The Hall–Kier alpha value is -2.36. The van der Waals surface area contributed by atoms with Crippen LogP contribution in [-0.2, 0) is 10.0 Å². The first kappa shape index (κ1) is 19.9. The molecule has 1 fully saturated rings. The Morgan fingerprint density at radius 3 is 2.55 bits per heavy atom. The number of Topliss-reactive ketones (excluding diaryl/α,β-unsaturated/α-hetero) is 1. The molecule has 2 heterocycles. The Kier molecular flexibility index (Phi) is 5.62. The van der Waals surface area contributed by atoms with Crippen LogP contribution in [0.3, 0.4) is 0 Å². The van der Waals surface area contributed by atoms with Gasteiger partial charge in [-0.3, -0.25) is 4.79 Å². The number of hydrogen-bond donors (Lipinski definition) is 1. The van der Waals surface area contributed by atoms with Crippen LogP contribution in [0.15, 0.2) is 47.4 Å². The highest BCUT2D eigenvalue weighted by Crippen LogP contribution is 2.26. The summed E-state index contributed by atoms with van der Waals surface area (Å²) in [6.45, 7) is 1.10. The van der Waals surface area contributed by atoms with Crippen LogP contribution >= 0.6 is 11.3 Å². The number of anilines is 1. The molecule has 1 aliphatic rings. The molecule has 29 heavy (non-hydrogen) atoms. The van der Waals surface area contributed by atoms with Gasteiger partial charge in [0.25, 0.3) is 0 Å². The number of nitrogens with one attached hydrogen (secondary N) is 1. The number of piperidine rings is 1. The maximum absolute atomic E-state index is 13.3. The van der Waals surface area contributed by atoms with Crippen molar-refractivity contribution in [3.05, 3.63) is 53.8 Å². The van der Waals surface area contributed by atoms with Gasteiger partial charge < -0.3 is 5.32 Å². The average molecular weight is 434 g/mol. The second-order valence-corrected chi connectivity index (χ2v) is 9.87. The van der Waals surface area contributed by atoms with Gasteiger partial charge in [0.15, 0.2) is 10.9 Å². The zero-order chi connectivity index (χ0) is 20.4. The summed E-state index contributed by atoms with van der Waals surface area (Å²) in [5.41, 5.74) is 1.08. The van der Waals surface area contributed by atoms with E-state index in [0.717, 1.165) is 19.3 Å². The monoisotopic (exact) mass is 433 g/mol. The van der Waals surface area contributed by atoms with Crippen molar-refractivity contribution in [3.8, 4) is 0 Å². The van der Waals surface area contributed by atoms with Gasteiger partial charge in [0.1, 0.15) is 5.82 Å². The summed E-state index contributed by atoms with van der Waals surface area (Å²) in [6.07, 6.45) is 2.80. The van der Waals surface area contributed by atoms with Gasteiger partial charge in [-0.25, -0.2) is 17.8 Å². The Morgan fingerprint density at radius 2 is 1.83 bits per heavy atom. The first-order valence-corrected chi connectivity index (χ1v) is 11.6. The van der Waals surface area contributed by atoms with Gasteiger partial charge in [0.2, 0.25) is 10.0 Å². The van der Waals surface area contributed by atoms with Crippen LogP contribution in [0.4, 0.5) is 9.52 Å². The molecule has 9 heteroatoms. The number of thiazole rings is 1. The summed E-state index contributed by atoms with van der Waals surface area (Å²) in [5.74, 6) is -0.513. The molecule has 3 aromatic rings. The Bertz CT molecular complexity index is 1140. The molecule has 6 nitrogen and oxygen atoms in total. The number of benzene rings is 2. The molecule has 152 valence electrons. The lowest BCUT2D eigenvalue weighted by Crippen LogP contribution is -2.35. The standard InChI is InChI=1S/C20H20FN3O3S2/c21-15-6-9-17-19(12-15)28-20(23-17)22-13-18(25)14-4-7-16(8-5-14)29(26,27)24-10-2-1-3-11-24/h4-9,12H,1-3,10-11,13H2,(H,22,23). The van der Waals surface area contributed by atoms with Crippen LogP contribution in [0.2, 0.25) is 0 Å². The van der Waals surface area contributed by atoms with Gasteiger partial charge >= 0.3 is 0 Å². The molecule has 0 saturated carbocycles. The number of fused-ring (bicyclic) bond motifs is 1. The van der Waals surface area contributed by atoms with E-state index in [2.05, 4.69) is 10.3 Å². The number of carbonyl (C=O) groups excluding carboxylic acids is 1. The van der Waals surface area contributed by atoms with Crippen molar-refractivity contribution in [2.75, 3.05) is 25.0 Å². The van der Waals surface area contributed by atoms with Crippen LogP contribution in [0, 0.1) is 5.82 Å². The summed E-state index contributed by atoms with van der Waals surface area (Å²) in [6, 6.07) is 10.4. The molecule has 0 atom stereocenters. The number of hydrogen-bond acceptors (Lipinski definition) is 6. The number of aromatic nitrogens is 1. The molecule has 1 N–H and O–H groups in total. The zero-order valence-corrected chi connectivity index (χ0v) is 17.2. The molecule has 1 aliphatic heterocycles. The summed E-state index contributed by atoms with van der Waals surface area (Å²) < 4.78 is 40.8. The largest absolute Gasteiger partial charge is 0.354 e. The van der Waals surface area contributed by atoms with Crippen molar-refractivity contribution >= 4 is 42.5 Å². The first-order valence-electron chi connectivity index (χ1n) is 9.37. The van der Waals surface area contributed by atoms with E-state index < -0.39 is 10.0 Å². The van der Waals surface area contributed by atoms with Gasteiger partial charge in [0, 0.05) is 18.7 Å². The summed E-state index contributed by atoms with van der Waals surface area (Å²) >= 11 is 1.27. The van der Waals surface area contributed by atoms with E-state index >= 15 is 0 Å². The highest BCUT2D eigenvalue weighted by Gasteiger charge is 2.25. The summed E-state index contributed by atoms with van der Waals surface area (Å²) in [4.78, 5) is 17.0. The molecule has 0 amide bonds. The SMILES string of the molecule is O=C(CNc1nc2ccc(F)cc2s1)c1ccc(S(=O)(=O)N2CCCCC2)cc1.